The second-order valence-corrected chi connectivity index (χ2v) is 11.4. The van der Waals surface area contributed by atoms with Gasteiger partial charge in [-0.2, -0.15) is 5.10 Å². The van der Waals surface area contributed by atoms with Crippen molar-refractivity contribution in [3.8, 4) is 39.5 Å². The number of aliphatic hydroxyl groups is 1. The van der Waals surface area contributed by atoms with Crippen molar-refractivity contribution in [1.29, 1.82) is 0 Å². The Morgan fingerprint density at radius 2 is 2.00 bits per heavy atom. The lowest BCUT2D eigenvalue weighted by Crippen LogP contribution is -2.44. The molecule has 0 saturated carbocycles. The maximum absolute atomic E-state index is 15.9. The molecule has 0 bridgehead atoms. The summed E-state index contributed by atoms with van der Waals surface area (Å²) in [5.74, 6) is -1.31. The number of nitrogens with zero attached hydrogens (tertiary/aromatic N) is 6. The summed E-state index contributed by atoms with van der Waals surface area (Å²) in [6.07, 6.45) is 3.78. The van der Waals surface area contributed by atoms with Crippen LogP contribution in [0.25, 0.3) is 43.9 Å². The molecule has 0 radical (unpaired) electrons. The van der Waals surface area contributed by atoms with Crippen LogP contribution in [0.3, 0.4) is 0 Å². The molecule has 5 heterocycles. The van der Waals surface area contributed by atoms with Gasteiger partial charge in [-0.25, -0.2) is 23.7 Å². The third-order valence-electron chi connectivity index (χ3n) is 7.28. The molecular weight excluding hydrogens is 574 g/mol. The highest BCUT2D eigenvalue weighted by Gasteiger charge is 2.30. The van der Waals surface area contributed by atoms with Crippen LogP contribution >= 0.6 is 11.3 Å². The van der Waals surface area contributed by atoms with Crippen molar-refractivity contribution in [3.63, 3.8) is 0 Å². The van der Waals surface area contributed by atoms with E-state index in [2.05, 4.69) is 16.5 Å². The number of hydrogen-bond acceptors (Lipinski definition) is 8. The molecule has 12 heteroatoms. The zero-order chi connectivity index (χ0) is 30.4. The number of fused-ring (bicyclic) bond motifs is 2. The number of ether oxygens (including phenoxy) is 1. The second kappa shape index (κ2) is 11.3. The average molecular weight is 603 g/mol. The van der Waals surface area contributed by atoms with Gasteiger partial charge in [-0.15, -0.1) is 11.3 Å². The highest BCUT2D eigenvalue weighted by atomic mass is 32.1. The summed E-state index contributed by atoms with van der Waals surface area (Å²) < 4.78 is 38.6. The van der Waals surface area contributed by atoms with E-state index in [4.69, 9.17) is 14.8 Å². The van der Waals surface area contributed by atoms with Crippen LogP contribution in [0.1, 0.15) is 25.4 Å². The van der Waals surface area contributed by atoms with E-state index in [0.29, 0.717) is 51.8 Å². The smallest absolute Gasteiger partial charge is 0.246 e. The first-order valence-corrected chi connectivity index (χ1v) is 14.5. The molecule has 2 atom stereocenters. The van der Waals surface area contributed by atoms with Gasteiger partial charge in [0.2, 0.25) is 5.91 Å². The van der Waals surface area contributed by atoms with Gasteiger partial charge in [-0.1, -0.05) is 6.58 Å². The number of halogens is 2. The van der Waals surface area contributed by atoms with Crippen LogP contribution in [0.15, 0.2) is 54.7 Å². The highest BCUT2D eigenvalue weighted by Crippen LogP contribution is 2.47. The van der Waals surface area contributed by atoms with E-state index in [1.54, 1.807) is 24.2 Å². The van der Waals surface area contributed by atoms with Crippen LogP contribution in [0.4, 0.5) is 8.78 Å². The zero-order valence-corrected chi connectivity index (χ0v) is 24.5. The standard InChI is InChI=1S/C31H28F2N6O3S/c1-5-26(41)38-14-21-10-24(37-39(21)13-16(38)2)30-28(27-23(33)8-20(32)9-25(27)42-15-17(3)40)31-22(6-7-43-31)29(36-30)19-11-34-18(4)35-12-19/h5-12,16-17,40H,1,13-15H2,2-4H3/t16-,17-/m1/s1. The molecule has 1 amide bonds. The Morgan fingerprint density at radius 1 is 1.23 bits per heavy atom. The van der Waals surface area contributed by atoms with Gasteiger partial charge in [0.1, 0.15) is 41.2 Å². The highest BCUT2D eigenvalue weighted by molar-refractivity contribution is 7.18. The Bertz CT molecular complexity index is 1870. The van der Waals surface area contributed by atoms with Crippen LogP contribution < -0.4 is 4.74 Å². The molecular formula is C31H28F2N6O3S. The molecule has 1 aromatic carbocycles. The van der Waals surface area contributed by atoms with E-state index in [0.717, 1.165) is 23.2 Å². The number of aryl methyl sites for hydroxylation is 1. The first kappa shape index (κ1) is 28.6. The van der Waals surface area contributed by atoms with Gasteiger partial charge < -0.3 is 14.7 Å². The van der Waals surface area contributed by atoms with Crippen molar-refractivity contribution in [1.82, 2.24) is 29.6 Å². The van der Waals surface area contributed by atoms with Crippen LogP contribution in [0.5, 0.6) is 5.75 Å². The van der Waals surface area contributed by atoms with E-state index < -0.39 is 17.7 Å². The van der Waals surface area contributed by atoms with Crippen molar-refractivity contribution in [3.05, 3.63) is 77.8 Å². The third-order valence-corrected chi connectivity index (χ3v) is 8.21. The lowest BCUT2D eigenvalue weighted by molar-refractivity contribution is -0.129. The SMILES string of the molecule is C=CC(=O)N1Cc2cc(-c3nc(-c4cnc(C)nc4)c4ccsc4c3-c3c(F)cc(F)cc3OC[C@@H](C)O)nn2C[C@H]1C. The summed E-state index contributed by atoms with van der Waals surface area (Å²) in [5.41, 5.74) is 3.18. The summed E-state index contributed by atoms with van der Waals surface area (Å²) in [5, 5.41) is 17.3. The minimum Gasteiger partial charge on any atom is -0.490 e. The number of benzene rings is 1. The molecule has 5 aromatic rings. The first-order chi connectivity index (χ1) is 20.6. The molecule has 6 rings (SSSR count). The number of aromatic nitrogens is 5. The monoisotopic (exact) mass is 602 g/mol. The van der Waals surface area contributed by atoms with E-state index in [1.165, 1.54) is 24.3 Å². The average Bonchev–Trinajstić information content (AvgIpc) is 3.62. The number of rotatable bonds is 7. The number of aliphatic hydroxyl groups excluding tert-OH is 1. The normalized spacial score (nSPS) is 15.4. The van der Waals surface area contributed by atoms with E-state index in [-0.39, 0.29) is 29.9 Å². The van der Waals surface area contributed by atoms with Gasteiger partial charge in [0.05, 0.1) is 36.1 Å². The van der Waals surface area contributed by atoms with Crippen LogP contribution in [-0.4, -0.2) is 59.4 Å². The summed E-state index contributed by atoms with van der Waals surface area (Å²) >= 11 is 1.37. The van der Waals surface area contributed by atoms with Crippen molar-refractivity contribution in [2.24, 2.45) is 0 Å². The van der Waals surface area contributed by atoms with Gasteiger partial charge in [0.15, 0.2) is 0 Å². The lowest BCUT2D eigenvalue weighted by atomic mass is 9.97. The number of carbonyl (C=O) groups excluding carboxylic acids is 1. The first-order valence-electron chi connectivity index (χ1n) is 13.6. The van der Waals surface area contributed by atoms with Crippen molar-refractivity contribution in [2.45, 2.75) is 46.0 Å². The van der Waals surface area contributed by atoms with Gasteiger partial charge in [-0.3, -0.25) is 9.48 Å². The molecule has 0 aliphatic carbocycles. The van der Waals surface area contributed by atoms with Crippen molar-refractivity contribution < 1.29 is 23.4 Å². The number of hydrogen-bond donors (Lipinski definition) is 1. The number of pyridine rings is 1. The topological polar surface area (TPSA) is 106 Å². The fourth-order valence-corrected chi connectivity index (χ4v) is 6.19. The predicted octanol–water partition coefficient (Wildman–Crippen LogP) is 5.55. The molecule has 1 aliphatic heterocycles. The molecule has 43 heavy (non-hydrogen) atoms. The van der Waals surface area contributed by atoms with E-state index in [1.807, 2.05) is 29.1 Å². The maximum Gasteiger partial charge on any atom is 0.246 e. The predicted molar refractivity (Wildman–Crippen MR) is 159 cm³/mol. The van der Waals surface area contributed by atoms with Crippen LogP contribution in [0.2, 0.25) is 0 Å². The minimum absolute atomic E-state index is 0.00603. The van der Waals surface area contributed by atoms with E-state index in [9.17, 15) is 14.3 Å². The summed E-state index contributed by atoms with van der Waals surface area (Å²) in [6, 6.07) is 5.48. The second-order valence-electron chi connectivity index (χ2n) is 10.5. The molecule has 0 fully saturated rings. The van der Waals surface area contributed by atoms with Crippen molar-refractivity contribution >= 4 is 27.3 Å². The summed E-state index contributed by atoms with van der Waals surface area (Å²) in [7, 11) is 0. The molecule has 1 aliphatic rings. The Hall–Kier alpha value is -4.55. The van der Waals surface area contributed by atoms with E-state index >= 15 is 4.39 Å². The Labute approximate surface area is 250 Å². The van der Waals surface area contributed by atoms with Crippen molar-refractivity contribution in [2.75, 3.05) is 6.61 Å². The van der Waals surface area contributed by atoms with Gasteiger partial charge in [0.25, 0.3) is 0 Å². The molecule has 9 nitrogen and oxygen atoms in total. The summed E-state index contributed by atoms with van der Waals surface area (Å²) in [6.45, 7) is 9.44. The van der Waals surface area contributed by atoms with Crippen LogP contribution in [0, 0.1) is 18.6 Å². The Balaban J connectivity index is 1.63. The Morgan fingerprint density at radius 3 is 2.72 bits per heavy atom. The van der Waals surface area contributed by atoms with Gasteiger partial charge in [0, 0.05) is 51.8 Å². The number of thiophene rings is 1. The van der Waals surface area contributed by atoms with Gasteiger partial charge >= 0.3 is 0 Å². The van der Waals surface area contributed by atoms with Gasteiger partial charge in [-0.05, 0) is 44.4 Å². The molecule has 0 saturated heterocycles. The minimum atomic E-state index is -0.870. The molecule has 0 spiro atoms. The lowest BCUT2D eigenvalue weighted by Gasteiger charge is -2.33. The van der Waals surface area contributed by atoms with Crippen LogP contribution in [-0.2, 0) is 17.9 Å². The molecule has 4 aromatic heterocycles. The summed E-state index contributed by atoms with van der Waals surface area (Å²) in [4.78, 5) is 27.9. The number of amides is 1. The maximum atomic E-state index is 15.9. The number of carbonyl (C=O) groups is 1. The largest absolute Gasteiger partial charge is 0.490 e. The fraction of sp³-hybridized carbons (Fsp3) is 0.258. The Kier molecular flexibility index (Phi) is 7.49. The fourth-order valence-electron chi connectivity index (χ4n) is 5.24. The third kappa shape index (κ3) is 5.28. The quantitative estimate of drug-likeness (QED) is 0.244. The molecule has 0 unspecified atom stereocenters. The molecule has 220 valence electrons. The zero-order valence-electron chi connectivity index (χ0n) is 23.7. The molecule has 1 N–H and O–H groups in total.